The Morgan fingerprint density at radius 2 is 2.12 bits per heavy atom. The van der Waals surface area contributed by atoms with Gasteiger partial charge in [0.05, 0.1) is 29.7 Å². The van der Waals surface area contributed by atoms with E-state index in [0.717, 1.165) is 16.5 Å². The van der Waals surface area contributed by atoms with Crippen molar-refractivity contribution in [2.45, 2.75) is 26.4 Å². The third-order valence-corrected chi connectivity index (χ3v) is 5.80. The van der Waals surface area contributed by atoms with E-state index >= 15 is 0 Å². The Labute approximate surface area is 160 Å². The van der Waals surface area contributed by atoms with Gasteiger partial charge in [-0.05, 0) is 38.1 Å². The predicted molar refractivity (Wildman–Crippen MR) is 104 cm³/mol. The molecular formula is C18H21N3O3S2. The molecule has 138 valence electrons. The molecule has 3 rings (SSSR count). The molecule has 1 atom stereocenters. The third-order valence-electron chi connectivity index (χ3n) is 3.97. The lowest BCUT2D eigenvalue weighted by molar-refractivity contribution is -0.124. The van der Waals surface area contributed by atoms with Gasteiger partial charge in [-0.1, -0.05) is 0 Å². The Morgan fingerprint density at radius 1 is 1.35 bits per heavy atom. The lowest BCUT2D eigenvalue weighted by Gasteiger charge is -2.23. The monoisotopic (exact) mass is 391 g/mol. The van der Waals surface area contributed by atoms with E-state index in [1.165, 1.54) is 0 Å². The second kappa shape index (κ2) is 8.55. The summed E-state index contributed by atoms with van der Waals surface area (Å²) in [5, 5.41) is 5.80. The first-order valence-corrected chi connectivity index (χ1v) is 10.4. The summed E-state index contributed by atoms with van der Waals surface area (Å²) in [7, 11) is 0. The molecule has 0 radical (unpaired) electrons. The Morgan fingerprint density at radius 3 is 2.77 bits per heavy atom. The number of carbonyl (C=O) groups is 2. The number of nitrogens with zero attached hydrogens (tertiary/aromatic N) is 2. The van der Waals surface area contributed by atoms with Crippen molar-refractivity contribution in [3.63, 3.8) is 0 Å². The summed E-state index contributed by atoms with van der Waals surface area (Å²) in [6.07, 6.45) is 0. The number of hydrogen-bond donors (Lipinski definition) is 1. The van der Waals surface area contributed by atoms with Crippen molar-refractivity contribution in [3.05, 3.63) is 45.9 Å². The second-order valence-electron chi connectivity index (χ2n) is 5.82. The van der Waals surface area contributed by atoms with Crippen LogP contribution >= 0.6 is 23.1 Å². The minimum Gasteiger partial charge on any atom is -0.494 e. The molecule has 2 heterocycles. The summed E-state index contributed by atoms with van der Waals surface area (Å²) in [5.41, 5.74) is 1.40. The van der Waals surface area contributed by atoms with Crippen LogP contribution in [0.1, 0.15) is 28.0 Å². The fourth-order valence-corrected chi connectivity index (χ4v) is 4.44. The zero-order valence-corrected chi connectivity index (χ0v) is 16.4. The Kier molecular flexibility index (Phi) is 6.16. The number of benzene rings is 1. The van der Waals surface area contributed by atoms with Crippen LogP contribution in [-0.2, 0) is 11.3 Å². The van der Waals surface area contributed by atoms with E-state index in [1.54, 1.807) is 52.3 Å². The van der Waals surface area contributed by atoms with Crippen LogP contribution in [0.3, 0.4) is 0 Å². The van der Waals surface area contributed by atoms with E-state index in [4.69, 9.17) is 4.74 Å². The number of nitrogens with one attached hydrogen (secondary N) is 1. The minimum atomic E-state index is -0.459. The summed E-state index contributed by atoms with van der Waals surface area (Å²) >= 11 is 3.14. The standard InChI is InChI=1S/C18H21N3O3S2/c1-3-24-15-6-4-13(5-7-15)18(23)21-11-25-10-16(21)17(22)19-8-14-9-26-12(2)20-14/h4-7,9,16H,3,8,10-11H2,1-2H3,(H,19,22)/t16-/m1/s1. The SMILES string of the molecule is CCOc1ccc(C(=O)N2CSC[C@@H]2C(=O)NCc2csc(C)n2)cc1. The number of ether oxygens (including phenoxy) is 1. The van der Waals surface area contributed by atoms with Crippen molar-refractivity contribution in [3.8, 4) is 5.75 Å². The molecule has 26 heavy (non-hydrogen) atoms. The molecule has 1 aliphatic heterocycles. The normalized spacial score (nSPS) is 16.5. The zero-order chi connectivity index (χ0) is 18.5. The molecular weight excluding hydrogens is 370 g/mol. The summed E-state index contributed by atoms with van der Waals surface area (Å²) in [5.74, 6) is 1.57. The number of thiazole rings is 1. The molecule has 8 heteroatoms. The van der Waals surface area contributed by atoms with Crippen molar-refractivity contribution in [2.24, 2.45) is 0 Å². The first-order chi connectivity index (χ1) is 12.6. The number of aromatic nitrogens is 1. The van der Waals surface area contributed by atoms with Gasteiger partial charge in [0.1, 0.15) is 11.8 Å². The summed E-state index contributed by atoms with van der Waals surface area (Å²) in [4.78, 5) is 31.3. The topological polar surface area (TPSA) is 71.5 Å². The van der Waals surface area contributed by atoms with Crippen molar-refractivity contribution in [2.75, 3.05) is 18.2 Å². The van der Waals surface area contributed by atoms with Gasteiger partial charge in [0.2, 0.25) is 5.91 Å². The molecule has 0 saturated carbocycles. The van der Waals surface area contributed by atoms with Crippen molar-refractivity contribution >= 4 is 34.9 Å². The van der Waals surface area contributed by atoms with Gasteiger partial charge in [0.25, 0.3) is 5.91 Å². The highest BCUT2D eigenvalue weighted by Crippen LogP contribution is 2.24. The number of rotatable bonds is 6. The molecule has 1 aromatic carbocycles. The van der Waals surface area contributed by atoms with E-state index in [2.05, 4.69) is 10.3 Å². The van der Waals surface area contributed by atoms with Gasteiger partial charge in [-0.2, -0.15) is 0 Å². The smallest absolute Gasteiger partial charge is 0.255 e. The molecule has 1 aliphatic rings. The lowest BCUT2D eigenvalue weighted by Crippen LogP contribution is -2.47. The first-order valence-electron chi connectivity index (χ1n) is 8.38. The van der Waals surface area contributed by atoms with Crippen LogP contribution in [0.25, 0.3) is 0 Å². The molecule has 2 aromatic rings. The van der Waals surface area contributed by atoms with Crippen LogP contribution in [0, 0.1) is 6.92 Å². The molecule has 6 nitrogen and oxygen atoms in total. The van der Waals surface area contributed by atoms with Gasteiger partial charge in [0, 0.05) is 16.7 Å². The highest BCUT2D eigenvalue weighted by Gasteiger charge is 2.35. The number of amides is 2. The molecule has 0 spiro atoms. The van der Waals surface area contributed by atoms with Crippen LogP contribution in [0.4, 0.5) is 0 Å². The Hall–Kier alpha value is -2.06. The predicted octanol–water partition coefficient (Wildman–Crippen LogP) is 2.68. The Bertz CT molecular complexity index is 776. The number of hydrogen-bond acceptors (Lipinski definition) is 6. The average molecular weight is 392 g/mol. The van der Waals surface area contributed by atoms with Crippen LogP contribution in [0.15, 0.2) is 29.6 Å². The lowest BCUT2D eigenvalue weighted by atomic mass is 10.1. The van der Waals surface area contributed by atoms with Gasteiger partial charge >= 0.3 is 0 Å². The van der Waals surface area contributed by atoms with Crippen molar-refractivity contribution < 1.29 is 14.3 Å². The number of carbonyl (C=O) groups excluding carboxylic acids is 2. The summed E-state index contributed by atoms with van der Waals surface area (Å²) in [6, 6.07) is 6.57. The molecule has 1 aromatic heterocycles. The molecule has 1 N–H and O–H groups in total. The minimum absolute atomic E-state index is 0.136. The van der Waals surface area contributed by atoms with E-state index in [1.807, 2.05) is 19.2 Å². The van der Waals surface area contributed by atoms with E-state index in [-0.39, 0.29) is 11.8 Å². The fourth-order valence-electron chi connectivity index (χ4n) is 2.67. The average Bonchev–Trinajstić information content (AvgIpc) is 3.29. The molecule has 1 fully saturated rings. The zero-order valence-electron chi connectivity index (χ0n) is 14.7. The molecule has 0 unspecified atom stereocenters. The maximum atomic E-state index is 12.8. The molecule has 2 amide bonds. The van der Waals surface area contributed by atoms with E-state index in [0.29, 0.717) is 30.3 Å². The molecule has 0 bridgehead atoms. The van der Waals surface area contributed by atoms with Gasteiger partial charge in [-0.15, -0.1) is 23.1 Å². The number of aryl methyl sites for hydroxylation is 1. The third kappa shape index (κ3) is 4.37. The highest BCUT2D eigenvalue weighted by atomic mass is 32.2. The molecule has 1 saturated heterocycles. The van der Waals surface area contributed by atoms with Crippen LogP contribution in [0.2, 0.25) is 0 Å². The highest BCUT2D eigenvalue weighted by molar-refractivity contribution is 7.99. The van der Waals surface area contributed by atoms with Gasteiger partial charge in [-0.3, -0.25) is 9.59 Å². The maximum absolute atomic E-state index is 12.8. The van der Waals surface area contributed by atoms with Crippen LogP contribution in [-0.4, -0.2) is 46.0 Å². The largest absolute Gasteiger partial charge is 0.494 e. The van der Waals surface area contributed by atoms with E-state index in [9.17, 15) is 9.59 Å². The maximum Gasteiger partial charge on any atom is 0.255 e. The quantitative estimate of drug-likeness (QED) is 0.820. The van der Waals surface area contributed by atoms with Crippen LogP contribution < -0.4 is 10.1 Å². The van der Waals surface area contributed by atoms with Crippen molar-refractivity contribution in [1.82, 2.24) is 15.2 Å². The molecule has 0 aliphatic carbocycles. The fraction of sp³-hybridized carbons (Fsp3) is 0.389. The summed E-state index contributed by atoms with van der Waals surface area (Å²) < 4.78 is 5.40. The summed E-state index contributed by atoms with van der Waals surface area (Å²) in [6.45, 7) is 4.81. The van der Waals surface area contributed by atoms with Gasteiger partial charge in [0.15, 0.2) is 0 Å². The number of thioether (sulfide) groups is 1. The van der Waals surface area contributed by atoms with Crippen molar-refractivity contribution in [1.29, 1.82) is 0 Å². The second-order valence-corrected chi connectivity index (χ2v) is 7.89. The Balaban J connectivity index is 1.62. The van der Waals surface area contributed by atoms with Crippen LogP contribution in [0.5, 0.6) is 5.75 Å². The van der Waals surface area contributed by atoms with Gasteiger partial charge < -0.3 is 15.0 Å². The van der Waals surface area contributed by atoms with E-state index < -0.39 is 6.04 Å². The van der Waals surface area contributed by atoms with Gasteiger partial charge in [-0.25, -0.2) is 4.98 Å². The first kappa shape index (κ1) is 18.7.